The third kappa shape index (κ3) is 2.51. The minimum atomic E-state index is 0.685. The average Bonchev–Trinajstić information content (AvgIpc) is 2.63. The number of imidazole rings is 1. The van der Waals surface area contributed by atoms with Crippen molar-refractivity contribution in [3.63, 3.8) is 0 Å². The van der Waals surface area contributed by atoms with Crippen LogP contribution < -0.4 is 5.32 Å². The number of aryl methyl sites for hydroxylation is 1. The fourth-order valence-electron chi connectivity index (χ4n) is 1.71. The van der Waals surface area contributed by atoms with Gasteiger partial charge >= 0.3 is 0 Å². The number of hydrogen-bond donors (Lipinski definition) is 2. The van der Waals surface area contributed by atoms with Gasteiger partial charge in [0.1, 0.15) is 0 Å². The molecule has 2 heterocycles. The molecule has 1 aliphatic heterocycles. The smallest absolute Gasteiger partial charge is 0.0925 e. The number of aromatic nitrogens is 2. The normalized spacial score (nSPS) is 22.5. The maximum atomic E-state index is 4.28. The molecule has 14 heavy (non-hydrogen) atoms. The highest BCUT2D eigenvalue weighted by atomic mass is 32.2. The summed E-state index contributed by atoms with van der Waals surface area (Å²) in [6.07, 6.45) is 4.43. The molecule has 0 bridgehead atoms. The number of H-pyrrole nitrogens is 1. The van der Waals surface area contributed by atoms with Crippen LogP contribution in [0.5, 0.6) is 0 Å². The van der Waals surface area contributed by atoms with Gasteiger partial charge in [-0.15, -0.1) is 0 Å². The van der Waals surface area contributed by atoms with E-state index in [4.69, 9.17) is 0 Å². The number of thioether (sulfide) groups is 1. The molecular weight excluding hydrogens is 194 g/mol. The topological polar surface area (TPSA) is 40.7 Å². The quantitative estimate of drug-likeness (QED) is 0.799. The molecule has 4 heteroatoms. The molecule has 1 saturated heterocycles. The maximum absolute atomic E-state index is 4.28. The number of nitrogens with zero attached hydrogens (tertiary/aromatic N) is 1. The number of hydrogen-bond acceptors (Lipinski definition) is 3. The van der Waals surface area contributed by atoms with Gasteiger partial charge in [0, 0.05) is 24.0 Å². The molecule has 2 N–H and O–H groups in total. The fourth-order valence-corrected chi connectivity index (χ4v) is 2.81. The summed E-state index contributed by atoms with van der Waals surface area (Å²) in [4.78, 5) is 7.38. The van der Waals surface area contributed by atoms with Crippen molar-refractivity contribution in [1.29, 1.82) is 0 Å². The largest absolute Gasteiger partial charge is 0.348 e. The van der Waals surface area contributed by atoms with Crippen molar-refractivity contribution in [2.75, 3.05) is 11.5 Å². The second-order valence-electron chi connectivity index (χ2n) is 3.77. The molecule has 1 aliphatic rings. The van der Waals surface area contributed by atoms with Crippen molar-refractivity contribution in [1.82, 2.24) is 15.3 Å². The first-order chi connectivity index (χ1) is 6.86. The standard InChI is InChI=1S/C10H17N3S/c1-8-10(13-7-12-8)5-11-9-3-2-4-14-6-9/h7,9,11H,2-6H2,1H3,(H,12,13). The third-order valence-corrected chi connectivity index (χ3v) is 3.87. The zero-order valence-electron chi connectivity index (χ0n) is 8.55. The summed E-state index contributed by atoms with van der Waals surface area (Å²) in [6, 6.07) is 0.685. The maximum Gasteiger partial charge on any atom is 0.0925 e. The second kappa shape index (κ2) is 4.84. The minimum Gasteiger partial charge on any atom is -0.348 e. The van der Waals surface area contributed by atoms with Gasteiger partial charge in [-0.2, -0.15) is 11.8 Å². The Labute approximate surface area is 89.1 Å². The summed E-state index contributed by atoms with van der Waals surface area (Å²) in [5, 5.41) is 3.56. The summed E-state index contributed by atoms with van der Waals surface area (Å²) in [5.74, 6) is 2.59. The minimum absolute atomic E-state index is 0.685. The van der Waals surface area contributed by atoms with Gasteiger partial charge in [-0.25, -0.2) is 4.98 Å². The van der Waals surface area contributed by atoms with Crippen LogP contribution in [0.4, 0.5) is 0 Å². The van der Waals surface area contributed by atoms with E-state index in [2.05, 4.69) is 34.0 Å². The van der Waals surface area contributed by atoms with E-state index < -0.39 is 0 Å². The number of aromatic amines is 1. The van der Waals surface area contributed by atoms with Gasteiger partial charge < -0.3 is 10.3 Å². The first-order valence-corrected chi connectivity index (χ1v) is 6.31. The molecule has 0 saturated carbocycles. The van der Waals surface area contributed by atoms with E-state index in [9.17, 15) is 0 Å². The Hall–Kier alpha value is -0.480. The predicted molar refractivity (Wildman–Crippen MR) is 60.5 cm³/mol. The van der Waals surface area contributed by atoms with E-state index in [0.29, 0.717) is 6.04 Å². The molecule has 1 fully saturated rings. The monoisotopic (exact) mass is 211 g/mol. The molecule has 1 atom stereocenters. The molecule has 1 aromatic rings. The lowest BCUT2D eigenvalue weighted by atomic mass is 10.2. The van der Waals surface area contributed by atoms with Crippen molar-refractivity contribution >= 4 is 11.8 Å². The summed E-state index contributed by atoms with van der Waals surface area (Å²) < 4.78 is 0. The van der Waals surface area contributed by atoms with Gasteiger partial charge in [0.15, 0.2) is 0 Å². The fraction of sp³-hybridized carbons (Fsp3) is 0.700. The van der Waals surface area contributed by atoms with Gasteiger partial charge in [-0.1, -0.05) is 0 Å². The van der Waals surface area contributed by atoms with Gasteiger partial charge in [-0.05, 0) is 25.5 Å². The summed E-state index contributed by atoms with van der Waals surface area (Å²) in [6.45, 7) is 2.97. The van der Waals surface area contributed by atoms with Crippen LogP contribution in [0.25, 0.3) is 0 Å². The SMILES string of the molecule is Cc1[nH]cnc1CNC1CCCSC1. The number of nitrogens with one attached hydrogen (secondary N) is 2. The Balaban J connectivity index is 1.79. The highest BCUT2D eigenvalue weighted by molar-refractivity contribution is 7.99. The Kier molecular flexibility index (Phi) is 3.48. The van der Waals surface area contributed by atoms with Crippen LogP contribution in [0.15, 0.2) is 6.33 Å². The van der Waals surface area contributed by atoms with Crippen LogP contribution in [0.2, 0.25) is 0 Å². The summed E-state index contributed by atoms with van der Waals surface area (Å²) in [5.41, 5.74) is 2.33. The molecule has 0 spiro atoms. The van der Waals surface area contributed by atoms with Crippen molar-refractivity contribution < 1.29 is 0 Å². The van der Waals surface area contributed by atoms with E-state index in [1.165, 1.54) is 30.0 Å². The molecule has 0 aliphatic carbocycles. The van der Waals surface area contributed by atoms with E-state index in [0.717, 1.165) is 12.2 Å². The molecule has 78 valence electrons. The first-order valence-electron chi connectivity index (χ1n) is 5.16. The lowest BCUT2D eigenvalue weighted by Crippen LogP contribution is -2.33. The van der Waals surface area contributed by atoms with E-state index in [1.54, 1.807) is 6.33 Å². The molecule has 0 aromatic carbocycles. The highest BCUT2D eigenvalue weighted by Crippen LogP contribution is 2.17. The lowest BCUT2D eigenvalue weighted by Gasteiger charge is -2.22. The van der Waals surface area contributed by atoms with Gasteiger partial charge in [0.2, 0.25) is 0 Å². The Bertz CT molecular complexity index is 279. The molecule has 1 unspecified atom stereocenters. The van der Waals surface area contributed by atoms with Crippen LogP contribution in [-0.4, -0.2) is 27.5 Å². The van der Waals surface area contributed by atoms with Crippen LogP contribution in [0, 0.1) is 6.92 Å². The summed E-state index contributed by atoms with van der Waals surface area (Å²) in [7, 11) is 0. The van der Waals surface area contributed by atoms with Gasteiger partial charge in [0.25, 0.3) is 0 Å². The molecule has 2 rings (SSSR count). The van der Waals surface area contributed by atoms with Gasteiger partial charge in [-0.3, -0.25) is 0 Å². The van der Waals surface area contributed by atoms with E-state index >= 15 is 0 Å². The third-order valence-electron chi connectivity index (χ3n) is 2.65. The second-order valence-corrected chi connectivity index (χ2v) is 4.92. The zero-order chi connectivity index (χ0) is 9.80. The summed E-state index contributed by atoms with van der Waals surface area (Å²) >= 11 is 2.05. The van der Waals surface area contributed by atoms with E-state index in [-0.39, 0.29) is 0 Å². The lowest BCUT2D eigenvalue weighted by molar-refractivity contribution is 0.503. The van der Waals surface area contributed by atoms with Crippen molar-refractivity contribution in [3.8, 4) is 0 Å². The Morgan fingerprint density at radius 3 is 3.29 bits per heavy atom. The van der Waals surface area contributed by atoms with E-state index in [1.807, 2.05) is 0 Å². The van der Waals surface area contributed by atoms with Gasteiger partial charge in [0.05, 0.1) is 12.0 Å². The first kappa shape index (κ1) is 10.1. The number of rotatable bonds is 3. The van der Waals surface area contributed by atoms with Crippen molar-refractivity contribution in [2.24, 2.45) is 0 Å². The van der Waals surface area contributed by atoms with Crippen LogP contribution >= 0.6 is 11.8 Å². The Morgan fingerprint density at radius 1 is 1.71 bits per heavy atom. The molecule has 3 nitrogen and oxygen atoms in total. The zero-order valence-corrected chi connectivity index (χ0v) is 9.36. The van der Waals surface area contributed by atoms with Crippen LogP contribution in [0.3, 0.4) is 0 Å². The average molecular weight is 211 g/mol. The molecular formula is C10H17N3S. The molecule has 1 aromatic heterocycles. The van der Waals surface area contributed by atoms with Crippen molar-refractivity contribution in [3.05, 3.63) is 17.7 Å². The van der Waals surface area contributed by atoms with Crippen LogP contribution in [0.1, 0.15) is 24.2 Å². The van der Waals surface area contributed by atoms with Crippen LogP contribution in [-0.2, 0) is 6.54 Å². The van der Waals surface area contributed by atoms with Crippen molar-refractivity contribution in [2.45, 2.75) is 32.4 Å². The highest BCUT2D eigenvalue weighted by Gasteiger charge is 2.13. The predicted octanol–water partition coefficient (Wildman–Crippen LogP) is 1.70. The molecule has 0 radical (unpaired) electrons. The molecule has 0 amide bonds. The Morgan fingerprint density at radius 2 is 2.64 bits per heavy atom.